The predicted octanol–water partition coefficient (Wildman–Crippen LogP) is 6.18. The largest absolute Gasteiger partial charge is 0.493 e. The van der Waals surface area contributed by atoms with Crippen LogP contribution in [0.3, 0.4) is 0 Å². The van der Waals surface area contributed by atoms with Crippen LogP contribution in [-0.2, 0) is 13.0 Å². The lowest BCUT2D eigenvalue weighted by Crippen LogP contribution is -2.25. The molecule has 0 aliphatic rings. The van der Waals surface area contributed by atoms with Crippen molar-refractivity contribution in [2.75, 3.05) is 13.2 Å². The fourth-order valence-corrected chi connectivity index (χ4v) is 4.24. The van der Waals surface area contributed by atoms with Gasteiger partial charge in [-0.15, -0.1) is 0 Å². The molecule has 0 unspecified atom stereocenters. The molecule has 35 heavy (non-hydrogen) atoms. The van der Waals surface area contributed by atoms with Crippen LogP contribution in [0.25, 0.3) is 11.0 Å². The van der Waals surface area contributed by atoms with Gasteiger partial charge >= 0.3 is 0 Å². The number of aromatic nitrogens is 2. The van der Waals surface area contributed by atoms with Crippen LogP contribution in [0.1, 0.15) is 52.1 Å². The summed E-state index contributed by atoms with van der Waals surface area (Å²) in [5.74, 6) is 2.03. The third kappa shape index (κ3) is 6.50. The highest BCUT2D eigenvalue weighted by atomic mass is 16.5. The molecule has 1 aromatic heterocycles. The summed E-state index contributed by atoms with van der Waals surface area (Å²) in [4.78, 5) is 17.3. The Bertz CT molecular complexity index is 1270. The van der Waals surface area contributed by atoms with Crippen molar-refractivity contribution in [2.45, 2.75) is 53.0 Å². The van der Waals surface area contributed by atoms with E-state index in [1.54, 1.807) is 0 Å². The van der Waals surface area contributed by atoms with Crippen LogP contribution in [0.15, 0.2) is 66.7 Å². The Kier molecular flexibility index (Phi) is 8.19. The number of aryl methyl sites for hydroxylation is 5. The lowest BCUT2D eigenvalue weighted by atomic mass is 10.1. The standard InChI is InChI=1S/C30H35N3O2/c1-22-13-16-25(17-14-22)30(34)31-18-8-11-29-32-26-9-4-5-10-27(26)33(29)19-6-7-20-35-28-21-23(2)12-15-24(28)3/h4-5,9-10,12-17,21H,6-8,11,18-20H2,1-3H3,(H,31,34). The number of ether oxygens (including phenoxy) is 1. The first kappa shape index (κ1) is 24.5. The fraction of sp³-hybridized carbons (Fsp3) is 0.333. The zero-order valence-corrected chi connectivity index (χ0v) is 21.0. The Labute approximate surface area is 208 Å². The normalized spacial score (nSPS) is 11.1. The first-order valence-electron chi connectivity index (χ1n) is 12.5. The summed E-state index contributed by atoms with van der Waals surface area (Å²) in [5.41, 5.74) is 6.44. The Balaban J connectivity index is 1.29. The number of hydrogen-bond donors (Lipinski definition) is 1. The number of benzene rings is 3. The molecule has 0 spiro atoms. The number of unbranched alkanes of at least 4 members (excludes halogenated alkanes) is 1. The molecule has 5 nitrogen and oxygen atoms in total. The van der Waals surface area contributed by atoms with Gasteiger partial charge in [0, 0.05) is 25.1 Å². The van der Waals surface area contributed by atoms with Crippen molar-refractivity contribution in [2.24, 2.45) is 0 Å². The highest BCUT2D eigenvalue weighted by Gasteiger charge is 2.11. The van der Waals surface area contributed by atoms with Gasteiger partial charge in [0.05, 0.1) is 17.6 Å². The van der Waals surface area contributed by atoms with E-state index >= 15 is 0 Å². The number of nitrogens with one attached hydrogen (secondary N) is 1. The Morgan fingerprint density at radius 2 is 1.69 bits per heavy atom. The zero-order valence-electron chi connectivity index (χ0n) is 21.0. The second-order valence-corrected chi connectivity index (χ2v) is 9.22. The van der Waals surface area contributed by atoms with Gasteiger partial charge in [-0.1, -0.05) is 42.0 Å². The first-order valence-corrected chi connectivity index (χ1v) is 12.5. The minimum Gasteiger partial charge on any atom is -0.493 e. The molecule has 182 valence electrons. The second-order valence-electron chi connectivity index (χ2n) is 9.22. The van der Waals surface area contributed by atoms with E-state index < -0.39 is 0 Å². The van der Waals surface area contributed by atoms with Gasteiger partial charge in [-0.25, -0.2) is 4.98 Å². The van der Waals surface area contributed by atoms with E-state index in [0.717, 1.165) is 54.9 Å². The van der Waals surface area contributed by atoms with Crippen LogP contribution >= 0.6 is 0 Å². The number of imidazole rings is 1. The predicted molar refractivity (Wildman–Crippen MR) is 142 cm³/mol. The van der Waals surface area contributed by atoms with E-state index in [1.165, 1.54) is 16.6 Å². The van der Waals surface area contributed by atoms with Gasteiger partial charge in [0.1, 0.15) is 11.6 Å². The first-order chi connectivity index (χ1) is 17.0. The minimum atomic E-state index is -0.0256. The maximum absolute atomic E-state index is 12.4. The molecular weight excluding hydrogens is 434 g/mol. The van der Waals surface area contributed by atoms with E-state index in [9.17, 15) is 4.79 Å². The number of carbonyl (C=O) groups excluding carboxylic acids is 1. The molecule has 0 aliphatic carbocycles. The molecule has 1 amide bonds. The van der Waals surface area contributed by atoms with Crippen molar-refractivity contribution in [3.63, 3.8) is 0 Å². The van der Waals surface area contributed by atoms with Crippen LogP contribution in [0.5, 0.6) is 5.75 Å². The van der Waals surface area contributed by atoms with E-state index in [-0.39, 0.29) is 5.91 Å². The van der Waals surface area contributed by atoms with E-state index in [1.807, 2.05) is 37.3 Å². The number of nitrogens with zero attached hydrogens (tertiary/aromatic N) is 2. The topological polar surface area (TPSA) is 56.2 Å². The maximum atomic E-state index is 12.4. The molecule has 0 bridgehead atoms. The van der Waals surface area contributed by atoms with Gasteiger partial charge in [-0.3, -0.25) is 4.79 Å². The highest BCUT2D eigenvalue weighted by Crippen LogP contribution is 2.20. The van der Waals surface area contributed by atoms with Crippen LogP contribution in [-0.4, -0.2) is 28.6 Å². The average Bonchev–Trinajstić information content (AvgIpc) is 3.21. The van der Waals surface area contributed by atoms with Crippen molar-refractivity contribution >= 4 is 16.9 Å². The molecule has 0 saturated carbocycles. The van der Waals surface area contributed by atoms with Gasteiger partial charge in [0.2, 0.25) is 0 Å². The molecule has 4 rings (SSSR count). The van der Waals surface area contributed by atoms with E-state index in [0.29, 0.717) is 18.7 Å². The molecule has 4 aromatic rings. The average molecular weight is 470 g/mol. The van der Waals surface area contributed by atoms with Crippen molar-refractivity contribution in [3.05, 3.63) is 94.8 Å². The number of hydrogen-bond acceptors (Lipinski definition) is 3. The molecule has 0 saturated heterocycles. The molecular formula is C30H35N3O2. The Morgan fingerprint density at radius 1 is 0.914 bits per heavy atom. The number of fused-ring (bicyclic) bond motifs is 1. The second kappa shape index (κ2) is 11.7. The summed E-state index contributed by atoms with van der Waals surface area (Å²) in [7, 11) is 0. The number of rotatable bonds is 11. The summed E-state index contributed by atoms with van der Waals surface area (Å²) in [6.07, 6.45) is 3.66. The van der Waals surface area contributed by atoms with Crippen LogP contribution in [0.4, 0.5) is 0 Å². The van der Waals surface area contributed by atoms with Crippen LogP contribution in [0, 0.1) is 20.8 Å². The summed E-state index contributed by atoms with van der Waals surface area (Å²) in [6, 6.07) is 22.3. The fourth-order valence-electron chi connectivity index (χ4n) is 4.24. The number of carbonyl (C=O) groups is 1. The highest BCUT2D eigenvalue weighted by molar-refractivity contribution is 5.94. The lowest BCUT2D eigenvalue weighted by Gasteiger charge is -2.12. The van der Waals surface area contributed by atoms with Crippen molar-refractivity contribution in [3.8, 4) is 5.75 Å². The third-order valence-electron chi connectivity index (χ3n) is 6.29. The van der Waals surface area contributed by atoms with Crippen molar-refractivity contribution in [1.82, 2.24) is 14.9 Å². The SMILES string of the molecule is Cc1ccc(C(=O)NCCCc2nc3ccccc3n2CCCCOc2cc(C)ccc2C)cc1. The van der Waals surface area contributed by atoms with Gasteiger partial charge in [-0.2, -0.15) is 0 Å². The zero-order chi connectivity index (χ0) is 24.6. The Hall–Kier alpha value is -3.60. The van der Waals surface area contributed by atoms with Gasteiger partial charge in [0.15, 0.2) is 0 Å². The monoisotopic (exact) mass is 469 g/mol. The van der Waals surface area contributed by atoms with Crippen molar-refractivity contribution in [1.29, 1.82) is 0 Å². The molecule has 5 heteroatoms. The number of para-hydroxylation sites is 2. The quantitative estimate of drug-likeness (QED) is 0.267. The summed E-state index contributed by atoms with van der Waals surface area (Å²) in [6.45, 7) is 8.43. The van der Waals surface area contributed by atoms with Gasteiger partial charge in [0.25, 0.3) is 5.91 Å². The maximum Gasteiger partial charge on any atom is 0.251 e. The summed E-state index contributed by atoms with van der Waals surface area (Å²) >= 11 is 0. The molecule has 3 aromatic carbocycles. The molecule has 1 heterocycles. The van der Waals surface area contributed by atoms with Gasteiger partial charge in [-0.05, 0) is 81.5 Å². The van der Waals surface area contributed by atoms with Crippen molar-refractivity contribution < 1.29 is 9.53 Å². The Morgan fingerprint density at radius 3 is 2.51 bits per heavy atom. The molecule has 0 fully saturated rings. The summed E-state index contributed by atoms with van der Waals surface area (Å²) < 4.78 is 8.36. The van der Waals surface area contributed by atoms with Gasteiger partial charge < -0.3 is 14.6 Å². The van der Waals surface area contributed by atoms with Crippen LogP contribution < -0.4 is 10.1 Å². The van der Waals surface area contributed by atoms with E-state index in [2.05, 4.69) is 60.1 Å². The molecule has 0 atom stereocenters. The molecule has 0 radical (unpaired) electrons. The molecule has 1 N–H and O–H groups in total. The van der Waals surface area contributed by atoms with Crippen LogP contribution in [0.2, 0.25) is 0 Å². The third-order valence-corrected chi connectivity index (χ3v) is 6.29. The summed E-state index contributed by atoms with van der Waals surface area (Å²) in [5, 5.41) is 3.03. The lowest BCUT2D eigenvalue weighted by molar-refractivity contribution is 0.0953. The minimum absolute atomic E-state index is 0.0256. The number of amides is 1. The smallest absolute Gasteiger partial charge is 0.251 e. The van der Waals surface area contributed by atoms with E-state index in [4.69, 9.17) is 9.72 Å². The molecule has 0 aliphatic heterocycles.